The minimum Gasteiger partial charge on any atom is -0.370 e. The summed E-state index contributed by atoms with van der Waals surface area (Å²) in [5, 5.41) is 6.61. The Bertz CT molecular complexity index is 368. The highest BCUT2D eigenvalue weighted by Crippen LogP contribution is 2.15. The van der Waals surface area contributed by atoms with E-state index < -0.39 is 0 Å². The first kappa shape index (κ1) is 13.1. The van der Waals surface area contributed by atoms with Crippen LogP contribution in [0.3, 0.4) is 0 Å². The monoisotopic (exact) mass is 249 g/mol. The van der Waals surface area contributed by atoms with E-state index in [1.165, 1.54) is 19.5 Å². The van der Waals surface area contributed by atoms with E-state index in [1.54, 1.807) is 6.20 Å². The number of nitrogens with zero attached hydrogens (tertiary/aromatic N) is 3. The van der Waals surface area contributed by atoms with Gasteiger partial charge in [0.05, 0.1) is 0 Å². The molecule has 0 radical (unpaired) electrons. The Morgan fingerprint density at radius 3 is 3.06 bits per heavy atom. The Kier molecular flexibility index (Phi) is 4.75. The maximum absolute atomic E-state index is 4.44. The maximum Gasteiger partial charge on any atom is 0.224 e. The standard InChI is InChI=1S/C13H23N5/c1-3-6-14-13-15-7-4-12(17-13)16-9-11-5-8-18(2)10-11/h4,7,11H,3,5-6,8-10H2,1-2H3,(H2,14,15,16,17). The summed E-state index contributed by atoms with van der Waals surface area (Å²) in [6, 6.07) is 1.93. The molecule has 2 rings (SSSR count). The van der Waals surface area contributed by atoms with Gasteiger partial charge in [0.15, 0.2) is 0 Å². The van der Waals surface area contributed by atoms with Crippen molar-refractivity contribution in [2.45, 2.75) is 19.8 Å². The fourth-order valence-corrected chi connectivity index (χ4v) is 2.22. The SMILES string of the molecule is CCCNc1nccc(NCC2CCN(C)C2)n1. The van der Waals surface area contributed by atoms with Crippen LogP contribution in [0.1, 0.15) is 19.8 Å². The molecule has 1 aromatic rings. The lowest BCUT2D eigenvalue weighted by Crippen LogP contribution is -2.19. The van der Waals surface area contributed by atoms with Gasteiger partial charge >= 0.3 is 0 Å². The summed E-state index contributed by atoms with van der Waals surface area (Å²) in [6.07, 6.45) is 4.15. The average molecular weight is 249 g/mol. The third-order valence-corrected chi connectivity index (χ3v) is 3.25. The third kappa shape index (κ3) is 3.84. The highest BCUT2D eigenvalue weighted by Gasteiger charge is 2.18. The number of likely N-dealkylation sites (tertiary alicyclic amines) is 1. The van der Waals surface area contributed by atoms with E-state index in [9.17, 15) is 0 Å². The van der Waals surface area contributed by atoms with Crippen molar-refractivity contribution < 1.29 is 0 Å². The van der Waals surface area contributed by atoms with Crippen molar-refractivity contribution in [3.8, 4) is 0 Å². The fraction of sp³-hybridized carbons (Fsp3) is 0.692. The zero-order valence-electron chi connectivity index (χ0n) is 11.3. The molecule has 1 aliphatic rings. The number of anilines is 2. The normalized spacial score (nSPS) is 20.0. The lowest BCUT2D eigenvalue weighted by atomic mass is 10.1. The minimum absolute atomic E-state index is 0.713. The molecule has 5 heteroatoms. The Labute approximate surface area is 109 Å². The number of rotatable bonds is 6. The van der Waals surface area contributed by atoms with Crippen LogP contribution in [-0.4, -0.2) is 48.1 Å². The van der Waals surface area contributed by atoms with Gasteiger partial charge < -0.3 is 15.5 Å². The predicted molar refractivity (Wildman–Crippen MR) is 74.9 cm³/mol. The summed E-state index contributed by atoms with van der Waals surface area (Å²) in [4.78, 5) is 11.0. The zero-order valence-corrected chi connectivity index (χ0v) is 11.3. The van der Waals surface area contributed by atoms with E-state index in [1.807, 2.05) is 6.07 Å². The first-order chi connectivity index (χ1) is 8.78. The van der Waals surface area contributed by atoms with Crippen LogP contribution in [-0.2, 0) is 0 Å². The average Bonchev–Trinajstić information content (AvgIpc) is 2.80. The Balaban J connectivity index is 1.81. The van der Waals surface area contributed by atoms with Gasteiger partial charge in [-0.2, -0.15) is 4.98 Å². The molecule has 0 aliphatic carbocycles. The Morgan fingerprint density at radius 1 is 1.44 bits per heavy atom. The molecule has 5 nitrogen and oxygen atoms in total. The van der Waals surface area contributed by atoms with Gasteiger partial charge in [-0.15, -0.1) is 0 Å². The Morgan fingerprint density at radius 2 is 2.33 bits per heavy atom. The number of hydrogen-bond donors (Lipinski definition) is 2. The highest BCUT2D eigenvalue weighted by molar-refractivity contribution is 5.39. The van der Waals surface area contributed by atoms with Crippen LogP contribution in [0.25, 0.3) is 0 Å². The van der Waals surface area contributed by atoms with Crippen molar-refractivity contribution in [3.63, 3.8) is 0 Å². The molecule has 1 atom stereocenters. The molecule has 0 spiro atoms. The van der Waals surface area contributed by atoms with Crippen LogP contribution >= 0.6 is 0 Å². The Hall–Kier alpha value is -1.36. The van der Waals surface area contributed by atoms with Gasteiger partial charge in [-0.3, -0.25) is 0 Å². The van der Waals surface area contributed by atoms with Crippen LogP contribution in [0.5, 0.6) is 0 Å². The third-order valence-electron chi connectivity index (χ3n) is 3.25. The molecule has 1 saturated heterocycles. The highest BCUT2D eigenvalue weighted by atomic mass is 15.1. The molecular weight excluding hydrogens is 226 g/mol. The van der Waals surface area contributed by atoms with Gasteiger partial charge in [0.2, 0.25) is 5.95 Å². The summed E-state index contributed by atoms with van der Waals surface area (Å²) in [6.45, 7) is 6.43. The van der Waals surface area contributed by atoms with Crippen molar-refractivity contribution in [1.29, 1.82) is 0 Å². The van der Waals surface area contributed by atoms with Crippen molar-refractivity contribution in [3.05, 3.63) is 12.3 Å². The van der Waals surface area contributed by atoms with Gasteiger partial charge in [-0.25, -0.2) is 4.98 Å². The summed E-state index contributed by atoms with van der Waals surface area (Å²) in [5.41, 5.74) is 0. The number of aromatic nitrogens is 2. The molecular formula is C13H23N5. The molecule has 0 amide bonds. The summed E-state index contributed by atoms with van der Waals surface area (Å²) < 4.78 is 0. The molecule has 2 N–H and O–H groups in total. The second-order valence-electron chi connectivity index (χ2n) is 4.99. The molecule has 1 fully saturated rings. The van der Waals surface area contributed by atoms with Gasteiger partial charge in [0.25, 0.3) is 0 Å². The topological polar surface area (TPSA) is 53.1 Å². The van der Waals surface area contributed by atoms with E-state index in [2.05, 4.69) is 39.5 Å². The second kappa shape index (κ2) is 6.54. The van der Waals surface area contributed by atoms with E-state index in [4.69, 9.17) is 0 Å². The largest absolute Gasteiger partial charge is 0.370 e. The molecule has 0 saturated carbocycles. The second-order valence-corrected chi connectivity index (χ2v) is 4.99. The van der Waals surface area contributed by atoms with Gasteiger partial charge in [0.1, 0.15) is 5.82 Å². The molecule has 1 unspecified atom stereocenters. The van der Waals surface area contributed by atoms with E-state index in [0.29, 0.717) is 5.95 Å². The minimum atomic E-state index is 0.713. The van der Waals surface area contributed by atoms with Gasteiger partial charge in [-0.1, -0.05) is 6.92 Å². The molecule has 100 valence electrons. The molecule has 0 aromatic carbocycles. The molecule has 0 bridgehead atoms. The lowest BCUT2D eigenvalue weighted by molar-refractivity contribution is 0.399. The lowest BCUT2D eigenvalue weighted by Gasteiger charge is -2.12. The quantitative estimate of drug-likeness (QED) is 0.803. The number of nitrogens with one attached hydrogen (secondary N) is 2. The van der Waals surface area contributed by atoms with Crippen molar-refractivity contribution in [2.24, 2.45) is 5.92 Å². The van der Waals surface area contributed by atoms with E-state index >= 15 is 0 Å². The van der Waals surface area contributed by atoms with Crippen molar-refractivity contribution in [2.75, 3.05) is 43.9 Å². The number of hydrogen-bond acceptors (Lipinski definition) is 5. The molecule has 18 heavy (non-hydrogen) atoms. The molecule has 1 aliphatic heterocycles. The molecule has 2 heterocycles. The maximum atomic E-state index is 4.44. The van der Waals surface area contributed by atoms with Gasteiger partial charge in [-0.05, 0) is 38.4 Å². The first-order valence-electron chi connectivity index (χ1n) is 6.77. The van der Waals surface area contributed by atoms with E-state index in [0.717, 1.165) is 31.2 Å². The van der Waals surface area contributed by atoms with E-state index in [-0.39, 0.29) is 0 Å². The van der Waals surface area contributed by atoms with Crippen LogP contribution in [0.4, 0.5) is 11.8 Å². The zero-order chi connectivity index (χ0) is 12.8. The van der Waals surface area contributed by atoms with Crippen LogP contribution in [0.15, 0.2) is 12.3 Å². The molecule has 1 aromatic heterocycles. The fourth-order valence-electron chi connectivity index (χ4n) is 2.22. The van der Waals surface area contributed by atoms with Crippen LogP contribution in [0, 0.1) is 5.92 Å². The summed E-state index contributed by atoms with van der Waals surface area (Å²) in [5.74, 6) is 2.36. The van der Waals surface area contributed by atoms with Crippen LogP contribution in [0.2, 0.25) is 0 Å². The van der Waals surface area contributed by atoms with Crippen LogP contribution < -0.4 is 10.6 Å². The van der Waals surface area contributed by atoms with Gasteiger partial charge in [0, 0.05) is 25.8 Å². The smallest absolute Gasteiger partial charge is 0.224 e. The van der Waals surface area contributed by atoms with Crippen molar-refractivity contribution in [1.82, 2.24) is 14.9 Å². The summed E-state index contributed by atoms with van der Waals surface area (Å²) in [7, 11) is 2.18. The first-order valence-corrected chi connectivity index (χ1v) is 6.77. The summed E-state index contributed by atoms with van der Waals surface area (Å²) >= 11 is 0. The predicted octanol–water partition coefficient (Wildman–Crippen LogP) is 1.66. The van der Waals surface area contributed by atoms with Crippen molar-refractivity contribution >= 4 is 11.8 Å².